The Balaban J connectivity index is 1.77. The van der Waals surface area contributed by atoms with Crippen LogP contribution in [-0.2, 0) is 6.54 Å². The average Bonchev–Trinajstić information content (AvgIpc) is 3.10. The van der Waals surface area contributed by atoms with Crippen molar-refractivity contribution in [3.05, 3.63) is 58.9 Å². The molecule has 3 nitrogen and oxygen atoms in total. The van der Waals surface area contributed by atoms with Crippen LogP contribution in [0.15, 0.2) is 42.6 Å². The van der Waals surface area contributed by atoms with Crippen molar-refractivity contribution in [3.8, 4) is 0 Å². The molecule has 2 aromatic rings. The van der Waals surface area contributed by atoms with Crippen LogP contribution in [0.3, 0.4) is 0 Å². The number of pyridine rings is 1. The minimum atomic E-state index is 0.469. The van der Waals surface area contributed by atoms with E-state index in [-0.39, 0.29) is 0 Å². The number of benzene rings is 1. The van der Waals surface area contributed by atoms with Crippen LogP contribution in [0.4, 0.5) is 5.69 Å². The second kappa shape index (κ2) is 7.95. The molecular weight excluding hydrogens is 338 g/mol. The van der Waals surface area contributed by atoms with Crippen molar-refractivity contribution in [2.45, 2.75) is 45.2 Å². The van der Waals surface area contributed by atoms with E-state index in [1.165, 1.54) is 25.7 Å². The van der Waals surface area contributed by atoms with Gasteiger partial charge in [0.1, 0.15) is 0 Å². The lowest BCUT2D eigenvalue weighted by Gasteiger charge is -2.31. The Kier molecular flexibility index (Phi) is 5.69. The van der Waals surface area contributed by atoms with E-state index in [1.54, 1.807) is 0 Å². The van der Waals surface area contributed by atoms with Crippen molar-refractivity contribution in [1.29, 1.82) is 0 Å². The molecule has 1 N–H and O–H groups in total. The summed E-state index contributed by atoms with van der Waals surface area (Å²) in [6.07, 6.45) is 6.70. The monoisotopic (exact) mass is 359 g/mol. The second-order valence-corrected chi connectivity index (χ2v) is 7.09. The highest BCUT2D eigenvalue weighted by Gasteiger charge is 2.25. The first-order valence-electron chi connectivity index (χ1n) is 8.37. The first kappa shape index (κ1) is 17.2. The lowest BCUT2D eigenvalue weighted by molar-refractivity contribution is 0.309. The highest BCUT2D eigenvalue weighted by atomic mass is 35.5. The van der Waals surface area contributed by atoms with Gasteiger partial charge in [0.15, 0.2) is 5.11 Å². The van der Waals surface area contributed by atoms with E-state index >= 15 is 0 Å². The van der Waals surface area contributed by atoms with Gasteiger partial charge in [-0.1, -0.05) is 36.6 Å². The highest BCUT2D eigenvalue weighted by molar-refractivity contribution is 7.80. The van der Waals surface area contributed by atoms with Gasteiger partial charge in [-0.05, 0) is 61.8 Å². The lowest BCUT2D eigenvalue weighted by Crippen LogP contribution is -2.41. The largest absolute Gasteiger partial charge is 0.340 e. The van der Waals surface area contributed by atoms with Crippen molar-refractivity contribution in [2.24, 2.45) is 0 Å². The predicted octanol–water partition coefficient (Wildman–Crippen LogP) is 5.19. The first-order valence-corrected chi connectivity index (χ1v) is 9.16. The molecule has 1 aromatic heterocycles. The Labute approximate surface area is 154 Å². The third-order valence-corrected chi connectivity index (χ3v) is 5.10. The summed E-state index contributed by atoms with van der Waals surface area (Å²) in [6, 6.07) is 12.4. The Bertz CT molecular complexity index is 699. The lowest BCUT2D eigenvalue weighted by atomic mass is 10.2. The van der Waals surface area contributed by atoms with Crippen LogP contribution in [0.5, 0.6) is 0 Å². The van der Waals surface area contributed by atoms with E-state index in [9.17, 15) is 0 Å². The zero-order valence-corrected chi connectivity index (χ0v) is 15.4. The van der Waals surface area contributed by atoms with E-state index in [0.29, 0.717) is 11.1 Å². The molecule has 1 aromatic carbocycles. The third-order valence-electron chi connectivity index (χ3n) is 4.45. The van der Waals surface area contributed by atoms with Gasteiger partial charge < -0.3 is 10.2 Å². The Morgan fingerprint density at radius 1 is 1.29 bits per heavy atom. The molecule has 1 aliphatic rings. The molecule has 1 heterocycles. The maximum Gasteiger partial charge on any atom is 0.174 e. The smallest absolute Gasteiger partial charge is 0.174 e. The number of aryl methyl sites for hydroxylation is 1. The molecule has 0 bridgehead atoms. The number of nitrogens with zero attached hydrogens (tertiary/aromatic N) is 2. The van der Waals surface area contributed by atoms with Crippen molar-refractivity contribution < 1.29 is 0 Å². The number of hydrogen-bond acceptors (Lipinski definition) is 2. The third kappa shape index (κ3) is 4.25. The molecule has 0 radical (unpaired) electrons. The standard InChI is InChI=1S/C19H22ClN3S/c1-14-9-10-18(17(20)12-14)22-19(24)23(16-7-2-3-8-16)13-15-6-4-5-11-21-15/h4-6,9-12,16H,2-3,7-8,13H2,1H3,(H,22,24). The van der Waals surface area contributed by atoms with Crippen molar-refractivity contribution in [3.63, 3.8) is 0 Å². The van der Waals surface area contributed by atoms with Crippen molar-refractivity contribution >= 4 is 34.6 Å². The minimum Gasteiger partial charge on any atom is -0.340 e. The van der Waals surface area contributed by atoms with E-state index < -0.39 is 0 Å². The number of halogens is 1. The molecule has 0 spiro atoms. The molecule has 0 aliphatic heterocycles. The first-order chi connectivity index (χ1) is 11.6. The van der Waals surface area contributed by atoms with Crippen molar-refractivity contribution in [2.75, 3.05) is 5.32 Å². The van der Waals surface area contributed by atoms with Crippen LogP contribution < -0.4 is 5.32 Å². The number of thiocarbonyl (C=S) groups is 1. The molecule has 5 heteroatoms. The number of aromatic nitrogens is 1. The summed E-state index contributed by atoms with van der Waals surface area (Å²) < 4.78 is 0. The second-order valence-electron chi connectivity index (χ2n) is 6.30. The summed E-state index contributed by atoms with van der Waals surface area (Å²) in [6.45, 7) is 2.75. The molecule has 0 saturated heterocycles. The fourth-order valence-electron chi connectivity index (χ4n) is 3.16. The molecule has 1 aliphatic carbocycles. The van der Waals surface area contributed by atoms with E-state index in [4.69, 9.17) is 23.8 Å². The quantitative estimate of drug-likeness (QED) is 0.761. The van der Waals surface area contributed by atoms with Gasteiger partial charge in [0.25, 0.3) is 0 Å². The van der Waals surface area contributed by atoms with Crippen LogP contribution in [-0.4, -0.2) is 21.0 Å². The molecule has 126 valence electrons. The zero-order chi connectivity index (χ0) is 16.9. The maximum absolute atomic E-state index is 6.35. The fourth-order valence-corrected chi connectivity index (χ4v) is 3.76. The Hall–Kier alpha value is -1.65. The molecule has 1 fully saturated rings. The number of hydrogen-bond donors (Lipinski definition) is 1. The number of rotatable bonds is 4. The van der Waals surface area contributed by atoms with Gasteiger partial charge in [-0.15, -0.1) is 0 Å². The predicted molar refractivity (Wildman–Crippen MR) is 104 cm³/mol. The molecule has 1 saturated carbocycles. The molecule has 3 rings (SSSR count). The Morgan fingerprint density at radius 2 is 2.08 bits per heavy atom. The van der Waals surface area contributed by atoms with E-state index in [0.717, 1.165) is 28.6 Å². The van der Waals surface area contributed by atoms with Gasteiger partial charge in [0.05, 0.1) is 22.9 Å². The maximum atomic E-state index is 6.35. The normalized spacial score (nSPS) is 14.6. The highest BCUT2D eigenvalue weighted by Crippen LogP contribution is 2.27. The molecule has 24 heavy (non-hydrogen) atoms. The van der Waals surface area contributed by atoms with E-state index in [1.807, 2.05) is 49.5 Å². The summed E-state index contributed by atoms with van der Waals surface area (Å²) in [5.41, 5.74) is 3.03. The summed E-state index contributed by atoms with van der Waals surface area (Å²) >= 11 is 12.1. The van der Waals surface area contributed by atoms with Crippen LogP contribution in [0.2, 0.25) is 5.02 Å². The SMILES string of the molecule is Cc1ccc(NC(=S)N(Cc2ccccn2)C2CCCC2)c(Cl)c1. The summed E-state index contributed by atoms with van der Waals surface area (Å²) in [5, 5.41) is 4.75. The number of anilines is 1. The fraction of sp³-hybridized carbons (Fsp3) is 0.368. The molecular formula is C19H22ClN3S. The van der Waals surface area contributed by atoms with Crippen LogP contribution in [0.25, 0.3) is 0 Å². The zero-order valence-electron chi connectivity index (χ0n) is 13.8. The topological polar surface area (TPSA) is 28.2 Å². The average molecular weight is 360 g/mol. The van der Waals surface area contributed by atoms with Gasteiger partial charge in [-0.25, -0.2) is 0 Å². The minimum absolute atomic E-state index is 0.469. The van der Waals surface area contributed by atoms with Gasteiger partial charge >= 0.3 is 0 Å². The van der Waals surface area contributed by atoms with Gasteiger partial charge in [-0.3, -0.25) is 4.98 Å². The Morgan fingerprint density at radius 3 is 2.75 bits per heavy atom. The van der Waals surface area contributed by atoms with Crippen LogP contribution in [0.1, 0.15) is 36.9 Å². The summed E-state index contributed by atoms with van der Waals surface area (Å²) in [4.78, 5) is 6.72. The van der Waals surface area contributed by atoms with Gasteiger partial charge in [0, 0.05) is 12.2 Å². The summed E-state index contributed by atoms with van der Waals surface area (Å²) in [7, 11) is 0. The van der Waals surface area contributed by atoms with Crippen molar-refractivity contribution in [1.82, 2.24) is 9.88 Å². The van der Waals surface area contributed by atoms with Gasteiger partial charge in [0.2, 0.25) is 0 Å². The summed E-state index contributed by atoms with van der Waals surface area (Å²) in [5.74, 6) is 0. The van der Waals surface area contributed by atoms with Crippen LogP contribution >= 0.6 is 23.8 Å². The van der Waals surface area contributed by atoms with E-state index in [2.05, 4.69) is 15.2 Å². The number of nitrogens with one attached hydrogen (secondary N) is 1. The van der Waals surface area contributed by atoms with Gasteiger partial charge in [-0.2, -0.15) is 0 Å². The van der Waals surface area contributed by atoms with Crippen LogP contribution in [0, 0.1) is 6.92 Å². The molecule has 0 unspecified atom stereocenters. The molecule has 0 amide bonds. The molecule has 0 atom stereocenters.